The van der Waals surface area contributed by atoms with E-state index in [1.807, 2.05) is 0 Å². The van der Waals surface area contributed by atoms with E-state index >= 15 is 0 Å². The van der Waals surface area contributed by atoms with E-state index in [0.29, 0.717) is 33.5 Å². The van der Waals surface area contributed by atoms with E-state index in [9.17, 15) is 9.59 Å². The first-order chi connectivity index (χ1) is 12.9. The summed E-state index contributed by atoms with van der Waals surface area (Å²) in [6, 6.07) is 9.01. The molecule has 2 rings (SSSR count). The molecule has 0 spiro atoms. The summed E-state index contributed by atoms with van der Waals surface area (Å²) in [7, 11) is 4.45. The maximum absolute atomic E-state index is 12.4. The number of halogens is 1. The summed E-state index contributed by atoms with van der Waals surface area (Å²) in [5.41, 5.74) is 0.736. The number of amides is 2. The van der Waals surface area contributed by atoms with Crippen molar-refractivity contribution in [1.82, 2.24) is 5.32 Å². The summed E-state index contributed by atoms with van der Waals surface area (Å²) in [6.07, 6.45) is 0. The Kier molecular flexibility index (Phi) is 6.90. The zero-order valence-electron chi connectivity index (χ0n) is 15.5. The largest absolute Gasteiger partial charge is 0.493 e. The zero-order chi connectivity index (χ0) is 20.0. The number of methoxy groups -OCH3 is 3. The second-order valence-electron chi connectivity index (χ2n) is 5.58. The van der Waals surface area contributed by atoms with Gasteiger partial charge in [0, 0.05) is 17.8 Å². The molecule has 2 aromatic rings. The van der Waals surface area contributed by atoms with Gasteiger partial charge in [-0.3, -0.25) is 9.59 Å². The molecule has 144 valence electrons. The highest BCUT2D eigenvalue weighted by Crippen LogP contribution is 2.39. The standard InChI is InChI=1S/C19H21ClN2O5/c1-11(21-19(24)13-7-5-6-8-14(13)20)18(23)22-12-9-15(25-2)17(27-4)16(10-12)26-3/h5-11H,1-4H3,(H,21,24)(H,22,23)/t11-/m0/s1. The number of hydrogen-bond acceptors (Lipinski definition) is 5. The smallest absolute Gasteiger partial charge is 0.253 e. The van der Waals surface area contributed by atoms with E-state index in [2.05, 4.69) is 10.6 Å². The summed E-state index contributed by atoms with van der Waals surface area (Å²) in [6.45, 7) is 1.57. The van der Waals surface area contributed by atoms with Crippen molar-refractivity contribution in [2.75, 3.05) is 26.6 Å². The summed E-state index contributed by atoms with van der Waals surface area (Å²) >= 11 is 6.01. The lowest BCUT2D eigenvalue weighted by Gasteiger charge is -2.17. The number of benzene rings is 2. The van der Waals surface area contributed by atoms with Crippen LogP contribution in [0.4, 0.5) is 5.69 Å². The second kappa shape index (κ2) is 9.14. The molecule has 0 bridgehead atoms. The zero-order valence-corrected chi connectivity index (χ0v) is 16.2. The highest BCUT2D eigenvalue weighted by Gasteiger charge is 2.20. The number of hydrogen-bond donors (Lipinski definition) is 2. The van der Waals surface area contributed by atoms with Crippen LogP contribution in [0.15, 0.2) is 36.4 Å². The predicted molar refractivity (Wildman–Crippen MR) is 103 cm³/mol. The van der Waals surface area contributed by atoms with Crippen LogP contribution in [0.2, 0.25) is 5.02 Å². The van der Waals surface area contributed by atoms with E-state index in [4.69, 9.17) is 25.8 Å². The van der Waals surface area contributed by atoms with Gasteiger partial charge in [-0.05, 0) is 19.1 Å². The minimum Gasteiger partial charge on any atom is -0.493 e. The van der Waals surface area contributed by atoms with Crippen molar-refractivity contribution in [3.63, 3.8) is 0 Å². The molecule has 0 heterocycles. The Morgan fingerprint density at radius 3 is 2.11 bits per heavy atom. The third-order valence-electron chi connectivity index (χ3n) is 3.79. The van der Waals surface area contributed by atoms with Crippen LogP contribution in [-0.4, -0.2) is 39.2 Å². The fourth-order valence-electron chi connectivity index (χ4n) is 2.39. The van der Waals surface area contributed by atoms with Gasteiger partial charge in [-0.1, -0.05) is 23.7 Å². The fourth-order valence-corrected chi connectivity index (χ4v) is 2.61. The molecule has 2 N–H and O–H groups in total. The van der Waals surface area contributed by atoms with Crippen LogP contribution in [-0.2, 0) is 4.79 Å². The second-order valence-corrected chi connectivity index (χ2v) is 5.99. The van der Waals surface area contributed by atoms with Crippen molar-refractivity contribution < 1.29 is 23.8 Å². The summed E-state index contributed by atoms with van der Waals surface area (Å²) < 4.78 is 15.8. The third-order valence-corrected chi connectivity index (χ3v) is 4.12. The highest BCUT2D eigenvalue weighted by atomic mass is 35.5. The lowest BCUT2D eigenvalue weighted by Crippen LogP contribution is -2.41. The van der Waals surface area contributed by atoms with Crippen molar-refractivity contribution in [2.45, 2.75) is 13.0 Å². The van der Waals surface area contributed by atoms with E-state index in [-0.39, 0.29) is 0 Å². The maximum Gasteiger partial charge on any atom is 0.253 e. The topological polar surface area (TPSA) is 85.9 Å². The molecule has 0 saturated carbocycles. The van der Waals surface area contributed by atoms with Gasteiger partial charge < -0.3 is 24.8 Å². The summed E-state index contributed by atoms with van der Waals surface area (Å²) in [5.74, 6) is 0.371. The van der Waals surface area contributed by atoms with Crippen molar-refractivity contribution >= 4 is 29.1 Å². The maximum atomic E-state index is 12.4. The first-order valence-electron chi connectivity index (χ1n) is 8.07. The highest BCUT2D eigenvalue weighted by molar-refractivity contribution is 6.33. The number of carbonyl (C=O) groups excluding carboxylic acids is 2. The van der Waals surface area contributed by atoms with E-state index < -0.39 is 17.9 Å². The number of nitrogens with one attached hydrogen (secondary N) is 2. The molecule has 0 aliphatic rings. The van der Waals surface area contributed by atoms with E-state index in [1.165, 1.54) is 21.3 Å². The van der Waals surface area contributed by atoms with Gasteiger partial charge in [-0.15, -0.1) is 0 Å². The van der Waals surface area contributed by atoms with Gasteiger partial charge in [0.15, 0.2) is 11.5 Å². The van der Waals surface area contributed by atoms with E-state index in [1.54, 1.807) is 43.3 Å². The normalized spacial score (nSPS) is 11.3. The Hall–Kier alpha value is -2.93. The molecule has 7 nitrogen and oxygen atoms in total. The Labute approximate surface area is 162 Å². The Morgan fingerprint density at radius 2 is 1.59 bits per heavy atom. The minimum atomic E-state index is -0.798. The number of rotatable bonds is 7. The first kappa shape index (κ1) is 20.4. The first-order valence-corrected chi connectivity index (χ1v) is 8.45. The molecule has 1 atom stereocenters. The van der Waals surface area contributed by atoms with Gasteiger partial charge in [0.25, 0.3) is 5.91 Å². The van der Waals surface area contributed by atoms with Gasteiger partial charge >= 0.3 is 0 Å². The molecule has 2 aromatic carbocycles. The molecule has 0 aliphatic heterocycles. The average molecular weight is 393 g/mol. The molecule has 0 aliphatic carbocycles. The number of anilines is 1. The van der Waals surface area contributed by atoms with Crippen molar-refractivity contribution in [3.8, 4) is 17.2 Å². The van der Waals surface area contributed by atoms with Gasteiger partial charge in [0.1, 0.15) is 6.04 Å². The van der Waals surface area contributed by atoms with Crippen LogP contribution in [0.5, 0.6) is 17.2 Å². The molecule has 0 unspecified atom stereocenters. The lowest BCUT2D eigenvalue weighted by molar-refractivity contribution is -0.117. The number of ether oxygens (including phenoxy) is 3. The number of carbonyl (C=O) groups is 2. The Bertz CT molecular complexity index is 816. The minimum absolute atomic E-state index is 0.298. The van der Waals surface area contributed by atoms with E-state index in [0.717, 1.165) is 0 Å². The molecule has 8 heteroatoms. The van der Waals surface area contributed by atoms with Gasteiger partial charge in [-0.2, -0.15) is 0 Å². The Morgan fingerprint density at radius 1 is 1.00 bits per heavy atom. The molecule has 2 amide bonds. The summed E-state index contributed by atoms with van der Waals surface area (Å²) in [5, 5.41) is 5.64. The van der Waals surface area contributed by atoms with Gasteiger partial charge in [0.05, 0.1) is 31.9 Å². The molecular formula is C19H21ClN2O5. The van der Waals surface area contributed by atoms with Crippen molar-refractivity contribution in [3.05, 3.63) is 47.0 Å². The van der Waals surface area contributed by atoms with Crippen LogP contribution in [0.3, 0.4) is 0 Å². The SMILES string of the molecule is COc1cc(NC(=O)[C@H](C)NC(=O)c2ccccc2Cl)cc(OC)c1OC. The molecular weight excluding hydrogens is 372 g/mol. The monoisotopic (exact) mass is 392 g/mol. The van der Waals surface area contributed by atoms with Crippen LogP contribution < -0.4 is 24.8 Å². The van der Waals surface area contributed by atoms with Crippen LogP contribution in [0.1, 0.15) is 17.3 Å². The molecule has 0 saturated heterocycles. The fraction of sp³-hybridized carbons (Fsp3) is 0.263. The summed E-state index contributed by atoms with van der Waals surface area (Å²) in [4.78, 5) is 24.7. The van der Waals surface area contributed by atoms with Crippen LogP contribution >= 0.6 is 11.6 Å². The average Bonchev–Trinajstić information content (AvgIpc) is 2.67. The molecule has 27 heavy (non-hydrogen) atoms. The predicted octanol–water partition coefficient (Wildman–Crippen LogP) is 3.12. The van der Waals surface area contributed by atoms with Gasteiger partial charge in [-0.25, -0.2) is 0 Å². The van der Waals surface area contributed by atoms with Crippen LogP contribution in [0.25, 0.3) is 0 Å². The molecule has 0 aromatic heterocycles. The molecule has 0 fully saturated rings. The molecule has 0 radical (unpaired) electrons. The quantitative estimate of drug-likeness (QED) is 0.756. The van der Waals surface area contributed by atoms with Crippen molar-refractivity contribution in [2.24, 2.45) is 0 Å². The van der Waals surface area contributed by atoms with Crippen LogP contribution in [0, 0.1) is 0 Å². The third kappa shape index (κ3) is 4.83. The van der Waals surface area contributed by atoms with Gasteiger partial charge in [0.2, 0.25) is 11.7 Å². The lowest BCUT2D eigenvalue weighted by atomic mass is 10.2. The Balaban J connectivity index is 2.12. The van der Waals surface area contributed by atoms with Crippen molar-refractivity contribution in [1.29, 1.82) is 0 Å².